The van der Waals surface area contributed by atoms with Gasteiger partial charge in [-0.05, 0) is 25.0 Å². The quantitative estimate of drug-likeness (QED) is 0.362. The number of nitrogens with one attached hydrogen (secondary N) is 2. The molecule has 2 aliphatic rings. The average Bonchev–Trinajstić information content (AvgIpc) is 3.48. The summed E-state index contributed by atoms with van der Waals surface area (Å²) in [5.74, 6) is 0.411. The van der Waals surface area contributed by atoms with Crippen LogP contribution in [0.5, 0.6) is 0 Å². The predicted molar refractivity (Wildman–Crippen MR) is 116 cm³/mol. The van der Waals surface area contributed by atoms with Crippen molar-refractivity contribution in [2.75, 3.05) is 39.8 Å². The zero-order chi connectivity index (χ0) is 19.2. The average molecular weight is 500 g/mol. The monoisotopic (exact) mass is 500 g/mol. The Morgan fingerprint density at radius 1 is 1.32 bits per heavy atom. The van der Waals surface area contributed by atoms with E-state index in [1.165, 1.54) is 6.07 Å². The van der Waals surface area contributed by atoms with Crippen LogP contribution >= 0.6 is 24.0 Å². The molecule has 1 aromatic rings. The van der Waals surface area contributed by atoms with E-state index in [0.29, 0.717) is 36.2 Å². The molecule has 1 heterocycles. The van der Waals surface area contributed by atoms with Crippen LogP contribution < -0.4 is 10.6 Å². The molecule has 2 N–H and O–H groups in total. The van der Waals surface area contributed by atoms with E-state index in [1.54, 1.807) is 19.2 Å². The lowest BCUT2D eigenvalue weighted by Crippen LogP contribution is -2.54. The van der Waals surface area contributed by atoms with E-state index in [4.69, 9.17) is 5.26 Å². The molecular weight excluding hydrogens is 474 g/mol. The fourth-order valence-electron chi connectivity index (χ4n) is 3.09. The van der Waals surface area contributed by atoms with Crippen LogP contribution in [0.2, 0.25) is 0 Å². The molecule has 7 nitrogen and oxygen atoms in total. The second kappa shape index (κ2) is 10.6. The Morgan fingerprint density at radius 3 is 2.61 bits per heavy atom. The number of aliphatic imine (C=N–C) groups is 1. The SMILES string of the molecule is CN=C(NCc1ccc(C#N)cc1F)N1CCN(CC(=O)NC2CC2)CC1.I. The maximum absolute atomic E-state index is 14.0. The van der Waals surface area contributed by atoms with Gasteiger partial charge in [-0.3, -0.25) is 14.7 Å². The molecule has 3 rings (SSSR count). The van der Waals surface area contributed by atoms with Gasteiger partial charge in [0.15, 0.2) is 5.96 Å². The van der Waals surface area contributed by atoms with Crippen molar-refractivity contribution < 1.29 is 9.18 Å². The van der Waals surface area contributed by atoms with Crippen LogP contribution in [0.25, 0.3) is 0 Å². The van der Waals surface area contributed by atoms with E-state index in [0.717, 1.165) is 39.0 Å². The molecule has 1 aliphatic carbocycles. The fourth-order valence-corrected chi connectivity index (χ4v) is 3.09. The van der Waals surface area contributed by atoms with Crippen LogP contribution in [-0.4, -0.2) is 67.5 Å². The molecule has 1 saturated carbocycles. The highest BCUT2D eigenvalue weighted by Crippen LogP contribution is 2.18. The highest BCUT2D eigenvalue weighted by molar-refractivity contribution is 14.0. The second-order valence-corrected chi connectivity index (χ2v) is 6.92. The van der Waals surface area contributed by atoms with E-state index in [2.05, 4.69) is 25.4 Å². The van der Waals surface area contributed by atoms with Crippen molar-refractivity contribution in [2.45, 2.75) is 25.4 Å². The smallest absolute Gasteiger partial charge is 0.234 e. The van der Waals surface area contributed by atoms with Gasteiger partial charge in [-0.15, -0.1) is 24.0 Å². The minimum absolute atomic E-state index is 0. The first-order chi connectivity index (χ1) is 13.1. The summed E-state index contributed by atoms with van der Waals surface area (Å²) in [6.07, 6.45) is 2.20. The maximum Gasteiger partial charge on any atom is 0.234 e. The topological polar surface area (TPSA) is 83.8 Å². The predicted octanol–water partition coefficient (Wildman–Crippen LogP) is 1.29. The summed E-state index contributed by atoms with van der Waals surface area (Å²) in [4.78, 5) is 20.4. The molecule has 0 aromatic heterocycles. The highest BCUT2D eigenvalue weighted by Gasteiger charge is 2.25. The van der Waals surface area contributed by atoms with Gasteiger partial charge in [-0.25, -0.2) is 4.39 Å². The largest absolute Gasteiger partial charge is 0.352 e. The Morgan fingerprint density at radius 2 is 2.04 bits per heavy atom. The summed E-state index contributed by atoms with van der Waals surface area (Å²) >= 11 is 0. The first kappa shape index (κ1) is 22.4. The van der Waals surface area contributed by atoms with Crippen LogP contribution in [0, 0.1) is 17.1 Å². The minimum atomic E-state index is -0.400. The normalized spacial score (nSPS) is 17.5. The van der Waals surface area contributed by atoms with E-state index < -0.39 is 5.82 Å². The van der Waals surface area contributed by atoms with E-state index in [1.807, 2.05) is 6.07 Å². The Labute approximate surface area is 182 Å². The van der Waals surface area contributed by atoms with Gasteiger partial charge in [0.1, 0.15) is 5.82 Å². The molecule has 0 atom stereocenters. The molecule has 9 heteroatoms. The van der Waals surface area contributed by atoms with E-state index >= 15 is 0 Å². The van der Waals surface area contributed by atoms with Crippen molar-refractivity contribution in [3.8, 4) is 6.07 Å². The van der Waals surface area contributed by atoms with Gasteiger partial charge >= 0.3 is 0 Å². The zero-order valence-electron chi connectivity index (χ0n) is 15.9. The van der Waals surface area contributed by atoms with E-state index in [-0.39, 0.29) is 29.9 Å². The van der Waals surface area contributed by atoms with Gasteiger partial charge in [0.2, 0.25) is 5.91 Å². The Bertz CT molecular complexity index is 753. The van der Waals surface area contributed by atoms with Crippen LogP contribution in [0.3, 0.4) is 0 Å². The van der Waals surface area contributed by atoms with Gasteiger partial charge in [0.05, 0.1) is 18.2 Å². The number of carbonyl (C=O) groups is 1. The van der Waals surface area contributed by atoms with Crippen LogP contribution in [-0.2, 0) is 11.3 Å². The number of piperazine rings is 1. The van der Waals surface area contributed by atoms with Gasteiger partial charge in [-0.1, -0.05) is 6.07 Å². The van der Waals surface area contributed by atoms with Gasteiger partial charge < -0.3 is 15.5 Å². The molecule has 28 heavy (non-hydrogen) atoms. The molecule has 0 bridgehead atoms. The van der Waals surface area contributed by atoms with Crippen molar-refractivity contribution >= 4 is 35.8 Å². The maximum atomic E-state index is 14.0. The first-order valence-corrected chi connectivity index (χ1v) is 9.25. The lowest BCUT2D eigenvalue weighted by atomic mass is 10.1. The van der Waals surface area contributed by atoms with Crippen LogP contribution in [0.4, 0.5) is 4.39 Å². The summed E-state index contributed by atoms with van der Waals surface area (Å²) in [5.41, 5.74) is 0.799. The number of hydrogen-bond donors (Lipinski definition) is 2. The lowest BCUT2D eigenvalue weighted by molar-refractivity contribution is -0.122. The number of carbonyl (C=O) groups excluding carboxylic acids is 1. The molecular formula is C19H26FIN6O. The molecule has 1 saturated heterocycles. The Balaban J connectivity index is 0.00000280. The standard InChI is InChI=1S/C19H25FN6O.HI/c1-22-19(23-12-15-3-2-14(11-21)10-17(15)20)26-8-6-25(7-9-26)13-18(27)24-16-4-5-16;/h2-3,10,16H,4-9,12-13H2,1H3,(H,22,23)(H,24,27);1H. The Kier molecular flexibility index (Phi) is 8.44. The number of hydrogen-bond acceptors (Lipinski definition) is 4. The van der Waals surface area contributed by atoms with Gasteiger partial charge in [-0.2, -0.15) is 5.26 Å². The summed E-state index contributed by atoms with van der Waals surface area (Å²) in [5, 5.41) is 15.0. The van der Waals surface area contributed by atoms with Crippen molar-refractivity contribution in [3.63, 3.8) is 0 Å². The molecule has 0 unspecified atom stereocenters. The third kappa shape index (κ3) is 6.31. The van der Waals surface area contributed by atoms with Crippen molar-refractivity contribution in [1.82, 2.24) is 20.4 Å². The van der Waals surface area contributed by atoms with Gasteiger partial charge in [0.25, 0.3) is 0 Å². The number of rotatable bonds is 5. The molecule has 1 aliphatic heterocycles. The third-order valence-electron chi connectivity index (χ3n) is 4.81. The summed E-state index contributed by atoms with van der Waals surface area (Å²) in [7, 11) is 1.70. The lowest BCUT2D eigenvalue weighted by Gasteiger charge is -2.36. The molecule has 1 aromatic carbocycles. The number of benzene rings is 1. The van der Waals surface area contributed by atoms with Gasteiger partial charge in [0, 0.05) is 51.4 Å². The number of halogens is 2. The van der Waals surface area contributed by atoms with Crippen molar-refractivity contribution in [1.29, 1.82) is 5.26 Å². The van der Waals surface area contributed by atoms with Crippen LogP contribution in [0.1, 0.15) is 24.0 Å². The second-order valence-electron chi connectivity index (χ2n) is 6.92. The summed E-state index contributed by atoms with van der Waals surface area (Å²) in [6, 6.07) is 6.78. The highest BCUT2D eigenvalue weighted by atomic mass is 127. The van der Waals surface area contributed by atoms with Crippen molar-refractivity contribution in [2.24, 2.45) is 4.99 Å². The molecule has 1 amide bonds. The van der Waals surface area contributed by atoms with E-state index in [9.17, 15) is 9.18 Å². The number of nitrogens with zero attached hydrogens (tertiary/aromatic N) is 4. The molecule has 0 spiro atoms. The molecule has 0 radical (unpaired) electrons. The third-order valence-corrected chi connectivity index (χ3v) is 4.81. The number of nitriles is 1. The fraction of sp³-hybridized carbons (Fsp3) is 0.526. The first-order valence-electron chi connectivity index (χ1n) is 9.25. The molecule has 2 fully saturated rings. The summed E-state index contributed by atoms with van der Waals surface area (Å²) in [6.45, 7) is 3.81. The summed E-state index contributed by atoms with van der Waals surface area (Å²) < 4.78 is 14.0. The number of amides is 1. The minimum Gasteiger partial charge on any atom is -0.352 e. The number of guanidine groups is 1. The Hall–Kier alpha value is -1.93. The van der Waals surface area contributed by atoms with Crippen LogP contribution in [0.15, 0.2) is 23.2 Å². The molecule has 152 valence electrons. The van der Waals surface area contributed by atoms with Crippen molar-refractivity contribution in [3.05, 3.63) is 35.1 Å². The zero-order valence-corrected chi connectivity index (χ0v) is 18.3.